The third-order valence-electron chi connectivity index (χ3n) is 4.20. The second-order valence-electron chi connectivity index (χ2n) is 5.37. The van der Waals surface area contributed by atoms with E-state index in [4.69, 9.17) is 5.73 Å². The van der Waals surface area contributed by atoms with Crippen LogP contribution in [-0.2, 0) is 13.0 Å². The van der Waals surface area contributed by atoms with Gasteiger partial charge >= 0.3 is 0 Å². The molecule has 0 aromatic carbocycles. The Morgan fingerprint density at radius 3 is 2.65 bits per heavy atom. The molecule has 3 heteroatoms. The van der Waals surface area contributed by atoms with E-state index in [1.165, 1.54) is 37.8 Å². The highest BCUT2D eigenvalue weighted by atomic mass is 15.0. The molecule has 0 atom stereocenters. The molecule has 1 fully saturated rings. The van der Waals surface area contributed by atoms with E-state index < -0.39 is 0 Å². The van der Waals surface area contributed by atoms with Crippen molar-refractivity contribution in [3.05, 3.63) is 18.2 Å². The molecular weight excluding hydrogens is 210 g/mol. The molecule has 1 aromatic heterocycles. The van der Waals surface area contributed by atoms with Crippen molar-refractivity contribution in [1.29, 1.82) is 0 Å². The molecule has 1 aliphatic rings. The Hall–Kier alpha value is -0.830. The fourth-order valence-electron chi connectivity index (χ4n) is 2.97. The van der Waals surface area contributed by atoms with Crippen LogP contribution in [0.4, 0.5) is 0 Å². The standard InChI is InChI=1S/C14H25N3/c1-2-12-3-5-13(6-4-12)10-17-11-16-9-14(17)7-8-15/h9,11-13H,2-8,10,15H2,1H3. The Labute approximate surface area is 104 Å². The van der Waals surface area contributed by atoms with Crippen molar-refractivity contribution in [2.24, 2.45) is 17.6 Å². The van der Waals surface area contributed by atoms with E-state index in [0.29, 0.717) is 6.54 Å². The van der Waals surface area contributed by atoms with Crippen molar-refractivity contribution >= 4 is 0 Å². The Balaban J connectivity index is 1.86. The zero-order chi connectivity index (χ0) is 12.1. The molecule has 0 saturated heterocycles. The summed E-state index contributed by atoms with van der Waals surface area (Å²) >= 11 is 0. The summed E-state index contributed by atoms with van der Waals surface area (Å²) in [6.45, 7) is 4.18. The number of hydrogen-bond acceptors (Lipinski definition) is 2. The average Bonchev–Trinajstić information content (AvgIpc) is 2.78. The van der Waals surface area contributed by atoms with Gasteiger partial charge < -0.3 is 10.3 Å². The van der Waals surface area contributed by atoms with Crippen LogP contribution in [0.3, 0.4) is 0 Å². The van der Waals surface area contributed by atoms with Gasteiger partial charge in [-0.05, 0) is 31.2 Å². The molecule has 3 nitrogen and oxygen atoms in total. The summed E-state index contributed by atoms with van der Waals surface area (Å²) in [5, 5.41) is 0. The van der Waals surface area contributed by atoms with Crippen LogP contribution in [0.15, 0.2) is 12.5 Å². The summed E-state index contributed by atoms with van der Waals surface area (Å²) in [7, 11) is 0. The lowest BCUT2D eigenvalue weighted by Gasteiger charge is -2.28. The van der Waals surface area contributed by atoms with Crippen LogP contribution in [0.2, 0.25) is 0 Å². The summed E-state index contributed by atoms with van der Waals surface area (Å²) in [6.07, 6.45) is 11.9. The Morgan fingerprint density at radius 2 is 2.00 bits per heavy atom. The van der Waals surface area contributed by atoms with Crippen LogP contribution in [-0.4, -0.2) is 16.1 Å². The lowest BCUT2D eigenvalue weighted by molar-refractivity contribution is 0.246. The quantitative estimate of drug-likeness (QED) is 0.852. The van der Waals surface area contributed by atoms with E-state index >= 15 is 0 Å². The normalized spacial score (nSPS) is 25.1. The molecule has 0 aliphatic heterocycles. The minimum absolute atomic E-state index is 0.717. The van der Waals surface area contributed by atoms with Gasteiger partial charge in [-0.2, -0.15) is 0 Å². The molecule has 0 spiro atoms. The maximum atomic E-state index is 5.62. The molecule has 0 amide bonds. The van der Waals surface area contributed by atoms with Crippen molar-refractivity contribution in [3.63, 3.8) is 0 Å². The molecule has 1 aromatic rings. The second kappa shape index (κ2) is 6.20. The van der Waals surface area contributed by atoms with Crippen molar-refractivity contribution in [3.8, 4) is 0 Å². The highest BCUT2D eigenvalue weighted by molar-refractivity contribution is 4.99. The van der Waals surface area contributed by atoms with E-state index in [1.54, 1.807) is 0 Å². The maximum Gasteiger partial charge on any atom is 0.0948 e. The molecule has 17 heavy (non-hydrogen) atoms. The predicted octanol–water partition coefficient (Wildman–Crippen LogP) is 2.60. The van der Waals surface area contributed by atoms with Crippen LogP contribution in [0, 0.1) is 11.8 Å². The molecular formula is C14H25N3. The first-order valence-electron chi connectivity index (χ1n) is 7.02. The first-order valence-corrected chi connectivity index (χ1v) is 7.02. The molecule has 96 valence electrons. The van der Waals surface area contributed by atoms with Gasteiger partial charge in [-0.3, -0.25) is 0 Å². The summed E-state index contributed by atoms with van der Waals surface area (Å²) in [6, 6.07) is 0. The Morgan fingerprint density at radius 1 is 1.29 bits per heavy atom. The molecule has 2 rings (SSSR count). The van der Waals surface area contributed by atoms with Crippen LogP contribution in [0.5, 0.6) is 0 Å². The summed E-state index contributed by atoms with van der Waals surface area (Å²) < 4.78 is 2.31. The first-order chi connectivity index (χ1) is 8.33. The third-order valence-corrected chi connectivity index (χ3v) is 4.20. The van der Waals surface area contributed by atoms with Gasteiger partial charge in [0.2, 0.25) is 0 Å². The van der Waals surface area contributed by atoms with Gasteiger partial charge in [-0.15, -0.1) is 0 Å². The predicted molar refractivity (Wildman–Crippen MR) is 70.7 cm³/mol. The molecule has 0 unspecified atom stereocenters. The van der Waals surface area contributed by atoms with Crippen molar-refractivity contribution in [2.75, 3.05) is 6.54 Å². The number of imidazole rings is 1. The van der Waals surface area contributed by atoms with E-state index in [2.05, 4.69) is 16.5 Å². The summed E-state index contributed by atoms with van der Waals surface area (Å²) in [5.41, 5.74) is 6.91. The zero-order valence-electron chi connectivity index (χ0n) is 10.9. The van der Waals surface area contributed by atoms with E-state index in [1.807, 2.05) is 12.5 Å². The van der Waals surface area contributed by atoms with Crippen LogP contribution in [0.25, 0.3) is 0 Å². The lowest BCUT2D eigenvalue weighted by atomic mass is 9.81. The smallest absolute Gasteiger partial charge is 0.0948 e. The topological polar surface area (TPSA) is 43.8 Å². The number of aromatic nitrogens is 2. The van der Waals surface area contributed by atoms with Gasteiger partial charge in [0.1, 0.15) is 0 Å². The minimum Gasteiger partial charge on any atom is -0.334 e. The maximum absolute atomic E-state index is 5.62. The fraction of sp³-hybridized carbons (Fsp3) is 0.786. The SMILES string of the molecule is CCC1CCC(Cn2cncc2CCN)CC1. The lowest BCUT2D eigenvalue weighted by Crippen LogP contribution is -2.20. The van der Waals surface area contributed by atoms with Crippen molar-refractivity contribution in [2.45, 2.75) is 52.0 Å². The van der Waals surface area contributed by atoms with Crippen LogP contribution in [0.1, 0.15) is 44.7 Å². The molecule has 1 aliphatic carbocycles. The Kier molecular flexibility index (Phi) is 4.60. The molecule has 0 radical (unpaired) electrons. The Bertz CT molecular complexity index is 324. The van der Waals surface area contributed by atoms with Gasteiger partial charge in [-0.1, -0.05) is 26.2 Å². The first kappa shape index (κ1) is 12.6. The van der Waals surface area contributed by atoms with Crippen molar-refractivity contribution < 1.29 is 0 Å². The zero-order valence-corrected chi connectivity index (χ0v) is 10.9. The average molecular weight is 235 g/mol. The fourth-order valence-corrected chi connectivity index (χ4v) is 2.97. The highest BCUT2D eigenvalue weighted by Crippen LogP contribution is 2.31. The van der Waals surface area contributed by atoms with Crippen molar-refractivity contribution in [1.82, 2.24) is 9.55 Å². The minimum atomic E-state index is 0.717. The summed E-state index contributed by atoms with van der Waals surface area (Å²) in [5.74, 6) is 1.83. The van der Waals surface area contributed by atoms with E-state index in [0.717, 1.165) is 24.8 Å². The summed E-state index contributed by atoms with van der Waals surface area (Å²) in [4.78, 5) is 4.24. The second-order valence-corrected chi connectivity index (χ2v) is 5.37. The monoisotopic (exact) mass is 235 g/mol. The molecule has 1 saturated carbocycles. The number of rotatable bonds is 5. The largest absolute Gasteiger partial charge is 0.334 e. The van der Waals surface area contributed by atoms with Gasteiger partial charge in [-0.25, -0.2) is 4.98 Å². The highest BCUT2D eigenvalue weighted by Gasteiger charge is 2.20. The van der Waals surface area contributed by atoms with Gasteiger partial charge in [0.15, 0.2) is 0 Å². The molecule has 1 heterocycles. The molecule has 0 bridgehead atoms. The van der Waals surface area contributed by atoms with Crippen LogP contribution < -0.4 is 5.73 Å². The van der Waals surface area contributed by atoms with Crippen LogP contribution >= 0.6 is 0 Å². The molecule has 2 N–H and O–H groups in total. The number of nitrogens with two attached hydrogens (primary N) is 1. The van der Waals surface area contributed by atoms with Gasteiger partial charge in [0, 0.05) is 24.9 Å². The number of hydrogen-bond donors (Lipinski definition) is 1. The number of nitrogens with zero attached hydrogens (tertiary/aromatic N) is 2. The van der Waals surface area contributed by atoms with Gasteiger partial charge in [0.05, 0.1) is 6.33 Å². The van der Waals surface area contributed by atoms with Gasteiger partial charge in [0.25, 0.3) is 0 Å². The third kappa shape index (κ3) is 3.32. The van der Waals surface area contributed by atoms with E-state index in [9.17, 15) is 0 Å². The van der Waals surface area contributed by atoms with E-state index in [-0.39, 0.29) is 0 Å².